The van der Waals surface area contributed by atoms with E-state index in [0.717, 1.165) is 17.7 Å². The van der Waals surface area contributed by atoms with E-state index in [1.54, 1.807) is 42.5 Å². The Hall–Kier alpha value is -3.61. The molecule has 0 saturated carbocycles. The number of benzene rings is 3. The highest BCUT2D eigenvalue weighted by molar-refractivity contribution is 6.09. The summed E-state index contributed by atoms with van der Waals surface area (Å²) in [5.41, 5.74) is 2.54. The summed E-state index contributed by atoms with van der Waals surface area (Å²) in [5, 5.41) is 11.8. The fraction of sp³-hybridized carbons (Fsp3) is 0.167. The average molecular weight is 427 g/mol. The van der Waals surface area contributed by atoms with E-state index in [0.29, 0.717) is 34.4 Å². The lowest BCUT2D eigenvalue weighted by atomic mass is 9.97. The fourth-order valence-corrected chi connectivity index (χ4v) is 3.31. The molecule has 0 bridgehead atoms. The van der Waals surface area contributed by atoms with Gasteiger partial charge < -0.3 is 10.4 Å². The number of alkyl halides is 3. The van der Waals surface area contributed by atoms with Crippen molar-refractivity contribution >= 4 is 17.6 Å². The summed E-state index contributed by atoms with van der Waals surface area (Å²) in [6.07, 6.45) is -3.96. The first-order chi connectivity index (χ1) is 14.7. The molecule has 4 nitrogen and oxygen atoms in total. The molecule has 0 aliphatic carbocycles. The molecule has 0 spiro atoms. The number of carbonyl (C=O) groups is 2. The maximum atomic E-state index is 13.0. The number of hydrogen-bond donors (Lipinski definition) is 2. The van der Waals surface area contributed by atoms with Gasteiger partial charge in [0.25, 0.3) is 5.91 Å². The standard InChI is InChI=1S/C24H20F3NO3/c1-2-16-13-15(14-22(29)30)7-12-21(16)28-23(31)20-6-4-3-5-19(20)17-8-10-18(11-9-17)24(25,26)27/h3-13H,2,14H2,1H3,(H,28,31)(H,29,30). The van der Waals surface area contributed by atoms with Gasteiger partial charge in [0, 0.05) is 11.3 Å². The Morgan fingerprint density at radius 1 is 0.968 bits per heavy atom. The van der Waals surface area contributed by atoms with Gasteiger partial charge in [-0.25, -0.2) is 0 Å². The average Bonchev–Trinajstić information content (AvgIpc) is 2.74. The molecule has 1 amide bonds. The highest BCUT2D eigenvalue weighted by atomic mass is 19.4. The van der Waals surface area contributed by atoms with Crippen LogP contribution in [0.3, 0.4) is 0 Å². The van der Waals surface area contributed by atoms with Crippen LogP contribution in [-0.2, 0) is 23.8 Å². The minimum Gasteiger partial charge on any atom is -0.481 e. The molecule has 7 heteroatoms. The molecule has 0 unspecified atom stereocenters. The number of halogens is 3. The van der Waals surface area contributed by atoms with Crippen LogP contribution in [0.4, 0.5) is 18.9 Å². The van der Waals surface area contributed by atoms with E-state index >= 15 is 0 Å². The molecule has 0 radical (unpaired) electrons. The zero-order valence-electron chi connectivity index (χ0n) is 16.7. The Balaban J connectivity index is 1.89. The third kappa shape index (κ3) is 5.31. The minimum atomic E-state index is -4.43. The molecule has 31 heavy (non-hydrogen) atoms. The van der Waals surface area contributed by atoms with Crippen LogP contribution >= 0.6 is 0 Å². The van der Waals surface area contributed by atoms with Crippen LogP contribution in [0.25, 0.3) is 11.1 Å². The number of amides is 1. The van der Waals surface area contributed by atoms with Crippen molar-refractivity contribution in [1.82, 2.24) is 0 Å². The van der Waals surface area contributed by atoms with E-state index in [1.807, 2.05) is 6.92 Å². The van der Waals surface area contributed by atoms with Crippen LogP contribution in [0.15, 0.2) is 66.7 Å². The number of rotatable bonds is 6. The van der Waals surface area contributed by atoms with Crippen molar-refractivity contribution in [3.05, 3.63) is 89.0 Å². The number of anilines is 1. The molecule has 0 atom stereocenters. The second-order valence-corrected chi connectivity index (χ2v) is 6.99. The molecule has 0 aliphatic rings. The predicted octanol–water partition coefficient (Wildman–Crippen LogP) is 5.81. The van der Waals surface area contributed by atoms with Gasteiger partial charge in [-0.05, 0) is 52.9 Å². The molecule has 0 aromatic heterocycles. The zero-order valence-corrected chi connectivity index (χ0v) is 16.7. The molecule has 160 valence electrons. The number of carboxylic acid groups (broad SMARTS) is 1. The monoisotopic (exact) mass is 427 g/mol. The normalized spacial score (nSPS) is 11.2. The maximum absolute atomic E-state index is 13.0. The Kier molecular flexibility index (Phi) is 6.44. The van der Waals surface area contributed by atoms with Crippen LogP contribution in [0.1, 0.15) is 34.0 Å². The third-order valence-electron chi connectivity index (χ3n) is 4.85. The van der Waals surface area contributed by atoms with Crippen LogP contribution < -0.4 is 5.32 Å². The molecule has 3 rings (SSSR count). The smallest absolute Gasteiger partial charge is 0.416 e. The number of carbonyl (C=O) groups excluding carboxylic acids is 1. The molecule has 3 aromatic rings. The van der Waals surface area contributed by atoms with E-state index in [-0.39, 0.29) is 6.42 Å². The summed E-state index contributed by atoms with van der Waals surface area (Å²) in [4.78, 5) is 23.9. The molecule has 0 heterocycles. The largest absolute Gasteiger partial charge is 0.481 e. The summed E-state index contributed by atoms with van der Waals surface area (Å²) in [7, 11) is 0. The molecule has 0 aliphatic heterocycles. The first-order valence-electron chi connectivity index (χ1n) is 9.60. The molecule has 0 saturated heterocycles. The van der Waals surface area contributed by atoms with Crippen LogP contribution in [0.5, 0.6) is 0 Å². The number of aliphatic carboxylic acids is 1. The summed E-state index contributed by atoms with van der Waals surface area (Å²) >= 11 is 0. The predicted molar refractivity (Wildman–Crippen MR) is 112 cm³/mol. The Labute approximate surface area is 177 Å². The van der Waals surface area contributed by atoms with E-state index in [4.69, 9.17) is 5.11 Å². The van der Waals surface area contributed by atoms with Gasteiger partial charge in [-0.2, -0.15) is 13.2 Å². The molecule has 0 fully saturated rings. The summed E-state index contributed by atoms with van der Waals surface area (Å²) in [6.45, 7) is 1.89. The van der Waals surface area contributed by atoms with E-state index < -0.39 is 23.6 Å². The van der Waals surface area contributed by atoms with Crippen molar-refractivity contribution in [3.8, 4) is 11.1 Å². The summed E-state index contributed by atoms with van der Waals surface area (Å²) in [5.74, 6) is -1.35. The van der Waals surface area contributed by atoms with Crippen molar-refractivity contribution < 1.29 is 27.9 Å². The van der Waals surface area contributed by atoms with Crippen molar-refractivity contribution in [2.45, 2.75) is 25.9 Å². The van der Waals surface area contributed by atoms with Gasteiger partial charge in [-0.3, -0.25) is 9.59 Å². The first kappa shape index (κ1) is 22.1. The lowest BCUT2D eigenvalue weighted by Crippen LogP contribution is -2.15. The number of nitrogens with one attached hydrogen (secondary N) is 1. The van der Waals surface area contributed by atoms with Gasteiger partial charge >= 0.3 is 12.1 Å². The minimum absolute atomic E-state index is 0.113. The lowest BCUT2D eigenvalue weighted by molar-refractivity contribution is -0.138. The fourth-order valence-electron chi connectivity index (χ4n) is 3.31. The number of hydrogen-bond acceptors (Lipinski definition) is 2. The van der Waals surface area contributed by atoms with Gasteiger partial charge in [0.1, 0.15) is 0 Å². The Morgan fingerprint density at radius 2 is 1.65 bits per heavy atom. The summed E-state index contributed by atoms with van der Waals surface area (Å²) in [6, 6.07) is 16.4. The van der Waals surface area contributed by atoms with Crippen LogP contribution in [0.2, 0.25) is 0 Å². The van der Waals surface area contributed by atoms with Crippen molar-refractivity contribution in [1.29, 1.82) is 0 Å². The van der Waals surface area contributed by atoms with Gasteiger partial charge in [-0.15, -0.1) is 0 Å². The third-order valence-corrected chi connectivity index (χ3v) is 4.85. The molecular formula is C24H20F3NO3. The Morgan fingerprint density at radius 3 is 2.26 bits per heavy atom. The van der Waals surface area contributed by atoms with Gasteiger partial charge in [0.2, 0.25) is 0 Å². The summed E-state index contributed by atoms with van der Waals surface area (Å²) < 4.78 is 38.5. The van der Waals surface area contributed by atoms with E-state index in [2.05, 4.69) is 5.32 Å². The van der Waals surface area contributed by atoms with Gasteiger partial charge in [0.05, 0.1) is 12.0 Å². The van der Waals surface area contributed by atoms with E-state index in [1.165, 1.54) is 12.1 Å². The first-order valence-corrected chi connectivity index (χ1v) is 9.60. The lowest BCUT2D eigenvalue weighted by Gasteiger charge is -2.14. The second kappa shape index (κ2) is 9.04. The van der Waals surface area contributed by atoms with Crippen LogP contribution in [-0.4, -0.2) is 17.0 Å². The van der Waals surface area contributed by atoms with Crippen molar-refractivity contribution in [3.63, 3.8) is 0 Å². The topological polar surface area (TPSA) is 66.4 Å². The maximum Gasteiger partial charge on any atom is 0.416 e. The highest BCUT2D eigenvalue weighted by Gasteiger charge is 2.30. The number of aryl methyl sites for hydroxylation is 1. The second-order valence-electron chi connectivity index (χ2n) is 6.99. The SMILES string of the molecule is CCc1cc(CC(=O)O)ccc1NC(=O)c1ccccc1-c1ccc(C(F)(F)F)cc1. The van der Waals surface area contributed by atoms with Gasteiger partial charge in [-0.1, -0.05) is 49.4 Å². The highest BCUT2D eigenvalue weighted by Crippen LogP contribution is 2.32. The number of carboxylic acids is 1. The van der Waals surface area contributed by atoms with Crippen molar-refractivity contribution in [2.75, 3.05) is 5.32 Å². The quantitative estimate of drug-likeness (QED) is 0.521. The Bertz CT molecular complexity index is 1110. The van der Waals surface area contributed by atoms with Gasteiger partial charge in [0.15, 0.2) is 0 Å². The van der Waals surface area contributed by atoms with E-state index in [9.17, 15) is 22.8 Å². The van der Waals surface area contributed by atoms with Crippen molar-refractivity contribution in [2.24, 2.45) is 0 Å². The molecule has 3 aromatic carbocycles. The zero-order chi connectivity index (χ0) is 22.6. The molecule has 2 N–H and O–H groups in total. The van der Waals surface area contributed by atoms with Crippen LogP contribution in [0, 0.1) is 0 Å². The molecular weight excluding hydrogens is 407 g/mol.